The van der Waals surface area contributed by atoms with Gasteiger partial charge in [-0.2, -0.15) is 0 Å². The Bertz CT molecular complexity index is 743. The molecular weight excluding hydrogens is 320 g/mol. The molecule has 138 valence electrons. The summed E-state index contributed by atoms with van der Waals surface area (Å²) in [6, 6.07) is 15.2. The van der Waals surface area contributed by atoms with Gasteiger partial charge in [0.25, 0.3) is 0 Å². The van der Waals surface area contributed by atoms with Crippen molar-refractivity contribution >= 4 is 16.7 Å². The summed E-state index contributed by atoms with van der Waals surface area (Å²) in [6.07, 6.45) is 7.11. The van der Waals surface area contributed by atoms with Crippen molar-refractivity contribution < 1.29 is 4.79 Å². The second-order valence-corrected chi connectivity index (χ2v) is 7.95. The third-order valence-corrected chi connectivity index (χ3v) is 6.05. The van der Waals surface area contributed by atoms with Gasteiger partial charge in [0, 0.05) is 26.2 Å². The normalized spacial score (nSPS) is 22.3. The highest BCUT2D eigenvalue weighted by Gasteiger charge is 2.29. The molecule has 2 aromatic carbocycles. The molecule has 2 aliphatic heterocycles. The van der Waals surface area contributed by atoms with Crippen molar-refractivity contribution in [2.24, 2.45) is 5.92 Å². The minimum atomic E-state index is 0.192. The molecule has 0 spiro atoms. The lowest BCUT2D eigenvalue weighted by molar-refractivity contribution is -0.137. The Morgan fingerprint density at radius 3 is 2.50 bits per heavy atom. The standard InChI is InChI=1S/C23H30N2O/c26-23(25-15-5-1-2-6-16-25)21-12-8-14-24(18-21)17-20-11-7-10-19-9-3-4-13-22(19)20/h3-4,7,9-11,13,21H,1-2,5-6,8,12,14-18H2/t21-/m0/s1. The molecule has 0 bridgehead atoms. The highest BCUT2D eigenvalue weighted by Crippen LogP contribution is 2.25. The fourth-order valence-corrected chi connectivity index (χ4v) is 4.62. The lowest BCUT2D eigenvalue weighted by Crippen LogP contribution is -2.44. The first-order valence-corrected chi connectivity index (χ1v) is 10.3. The maximum Gasteiger partial charge on any atom is 0.226 e. The molecule has 2 fully saturated rings. The minimum Gasteiger partial charge on any atom is -0.342 e. The number of carbonyl (C=O) groups is 1. The van der Waals surface area contributed by atoms with Crippen molar-refractivity contribution in [3.8, 4) is 0 Å². The van der Waals surface area contributed by atoms with Gasteiger partial charge in [-0.3, -0.25) is 9.69 Å². The number of rotatable bonds is 3. The topological polar surface area (TPSA) is 23.6 Å². The summed E-state index contributed by atoms with van der Waals surface area (Å²) in [5.41, 5.74) is 1.38. The molecule has 0 radical (unpaired) electrons. The van der Waals surface area contributed by atoms with E-state index in [2.05, 4.69) is 52.3 Å². The molecule has 1 amide bonds. The Morgan fingerprint density at radius 2 is 1.65 bits per heavy atom. The SMILES string of the molecule is O=C([C@H]1CCCN(Cc2cccc3ccccc23)C1)N1CCCCCC1. The molecule has 3 heteroatoms. The number of nitrogens with zero attached hydrogens (tertiary/aromatic N) is 2. The molecule has 1 atom stereocenters. The summed E-state index contributed by atoms with van der Waals surface area (Å²) in [5, 5.41) is 2.65. The van der Waals surface area contributed by atoms with Crippen LogP contribution in [0.5, 0.6) is 0 Å². The monoisotopic (exact) mass is 350 g/mol. The van der Waals surface area contributed by atoms with Gasteiger partial charge < -0.3 is 4.90 Å². The molecule has 0 N–H and O–H groups in total. The fourth-order valence-electron chi connectivity index (χ4n) is 4.62. The summed E-state index contributed by atoms with van der Waals surface area (Å²) in [7, 11) is 0. The number of likely N-dealkylation sites (tertiary alicyclic amines) is 2. The van der Waals surface area contributed by atoms with Crippen LogP contribution in [-0.4, -0.2) is 41.9 Å². The lowest BCUT2D eigenvalue weighted by Gasteiger charge is -2.35. The maximum atomic E-state index is 13.0. The van der Waals surface area contributed by atoms with Crippen LogP contribution in [0.25, 0.3) is 10.8 Å². The van der Waals surface area contributed by atoms with Crippen LogP contribution in [0.1, 0.15) is 44.1 Å². The molecule has 4 rings (SSSR count). The van der Waals surface area contributed by atoms with Gasteiger partial charge in [0.15, 0.2) is 0 Å². The third kappa shape index (κ3) is 3.93. The summed E-state index contributed by atoms with van der Waals surface area (Å²) >= 11 is 0. The molecule has 2 heterocycles. The average molecular weight is 351 g/mol. The first kappa shape index (κ1) is 17.5. The van der Waals surface area contributed by atoms with Gasteiger partial charge >= 0.3 is 0 Å². The zero-order valence-corrected chi connectivity index (χ0v) is 15.7. The lowest BCUT2D eigenvalue weighted by atomic mass is 9.95. The predicted octanol–water partition coefficient (Wildman–Crippen LogP) is 4.45. The smallest absolute Gasteiger partial charge is 0.226 e. The largest absolute Gasteiger partial charge is 0.342 e. The van der Waals surface area contributed by atoms with Crippen LogP contribution in [0.2, 0.25) is 0 Å². The van der Waals surface area contributed by atoms with E-state index in [-0.39, 0.29) is 5.92 Å². The van der Waals surface area contributed by atoms with Crippen molar-refractivity contribution in [3.05, 3.63) is 48.0 Å². The Morgan fingerprint density at radius 1 is 0.885 bits per heavy atom. The highest BCUT2D eigenvalue weighted by atomic mass is 16.2. The average Bonchev–Trinajstić information content (AvgIpc) is 2.97. The highest BCUT2D eigenvalue weighted by molar-refractivity contribution is 5.85. The van der Waals surface area contributed by atoms with Crippen LogP contribution in [0.15, 0.2) is 42.5 Å². The van der Waals surface area contributed by atoms with Crippen molar-refractivity contribution in [1.29, 1.82) is 0 Å². The van der Waals surface area contributed by atoms with Gasteiger partial charge in [-0.1, -0.05) is 55.3 Å². The van der Waals surface area contributed by atoms with Gasteiger partial charge in [-0.15, -0.1) is 0 Å². The van der Waals surface area contributed by atoms with Gasteiger partial charge in [-0.25, -0.2) is 0 Å². The Balaban J connectivity index is 1.44. The van der Waals surface area contributed by atoms with E-state index in [4.69, 9.17) is 0 Å². The summed E-state index contributed by atoms with van der Waals surface area (Å²) in [6.45, 7) is 4.91. The van der Waals surface area contributed by atoms with Crippen LogP contribution < -0.4 is 0 Å². The molecule has 0 saturated carbocycles. The van der Waals surface area contributed by atoms with E-state index >= 15 is 0 Å². The van der Waals surface area contributed by atoms with E-state index in [9.17, 15) is 4.79 Å². The van der Waals surface area contributed by atoms with E-state index in [1.54, 1.807) is 0 Å². The van der Waals surface area contributed by atoms with Crippen LogP contribution in [-0.2, 0) is 11.3 Å². The molecule has 2 saturated heterocycles. The van der Waals surface area contributed by atoms with Crippen molar-refractivity contribution in [1.82, 2.24) is 9.80 Å². The molecule has 2 aromatic rings. The molecule has 3 nitrogen and oxygen atoms in total. The van der Waals surface area contributed by atoms with Crippen LogP contribution in [0.3, 0.4) is 0 Å². The molecule has 26 heavy (non-hydrogen) atoms. The van der Waals surface area contributed by atoms with Gasteiger partial charge in [-0.05, 0) is 48.6 Å². The molecule has 0 aromatic heterocycles. The minimum absolute atomic E-state index is 0.192. The summed E-state index contributed by atoms with van der Waals surface area (Å²) in [5.74, 6) is 0.603. The number of hydrogen-bond donors (Lipinski definition) is 0. The quantitative estimate of drug-likeness (QED) is 0.816. The zero-order chi connectivity index (χ0) is 17.8. The Labute approximate surface area is 157 Å². The van der Waals surface area contributed by atoms with Gasteiger partial charge in [0.1, 0.15) is 0 Å². The van der Waals surface area contributed by atoms with E-state index in [0.717, 1.165) is 45.6 Å². The zero-order valence-electron chi connectivity index (χ0n) is 15.7. The fraction of sp³-hybridized carbons (Fsp3) is 0.522. The van der Waals surface area contributed by atoms with Crippen LogP contribution >= 0.6 is 0 Å². The summed E-state index contributed by atoms with van der Waals surface area (Å²) in [4.78, 5) is 17.7. The molecular formula is C23H30N2O. The first-order valence-electron chi connectivity index (χ1n) is 10.3. The van der Waals surface area contributed by atoms with Crippen LogP contribution in [0.4, 0.5) is 0 Å². The van der Waals surface area contributed by atoms with Crippen LogP contribution in [0, 0.1) is 5.92 Å². The van der Waals surface area contributed by atoms with Crippen molar-refractivity contribution in [3.63, 3.8) is 0 Å². The van der Waals surface area contributed by atoms with Crippen molar-refractivity contribution in [2.45, 2.75) is 45.1 Å². The number of carbonyl (C=O) groups excluding carboxylic acids is 1. The van der Waals surface area contributed by atoms with E-state index < -0.39 is 0 Å². The molecule has 0 aliphatic carbocycles. The summed E-state index contributed by atoms with van der Waals surface area (Å²) < 4.78 is 0. The van der Waals surface area contributed by atoms with Crippen molar-refractivity contribution in [2.75, 3.05) is 26.2 Å². The van der Waals surface area contributed by atoms with E-state index in [1.807, 2.05) is 0 Å². The number of hydrogen-bond acceptors (Lipinski definition) is 2. The number of benzene rings is 2. The number of piperidine rings is 1. The van der Waals surface area contributed by atoms with E-state index in [0.29, 0.717) is 5.91 Å². The second kappa shape index (κ2) is 8.22. The maximum absolute atomic E-state index is 13.0. The third-order valence-electron chi connectivity index (χ3n) is 6.05. The predicted molar refractivity (Wildman–Crippen MR) is 107 cm³/mol. The second-order valence-electron chi connectivity index (χ2n) is 7.95. The molecule has 0 unspecified atom stereocenters. The molecule has 2 aliphatic rings. The first-order chi connectivity index (χ1) is 12.8. The number of fused-ring (bicyclic) bond motifs is 1. The van der Waals surface area contributed by atoms with Gasteiger partial charge in [0.05, 0.1) is 5.92 Å². The van der Waals surface area contributed by atoms with E-state index in [1.165, 1.54) is 42.0 Å². The number of amides is 1. The van der Waals surface area contributed by atoms with Gasteiger partial charge in [0.2, 0.25) is 5.91 Å². The Hall–Kier alpha value is -1.87. The Kier molecular flexibility index (Phi) is 5.54.